The van der Waals surface area contributed by atoms with Crippen LogP contribution in [-0.4, -0.2) is 32.9 Å². The molecule has 0 aromatic heterocycles. The first-order valence-corrected chi connectivity index (χ1v) is 9.91. The van der Waals surface area contributed by atoms with Gasteiger partial charge < -0.3 is 18.9 Å². The molecule has 0 amide bonds. The van der Waals surface area contributed by atoms with Crippen molar-refractivity contribution in [3.8, 4) is 22.6 Å². The van der Waals surface area contributed by atoms with Crippen molar-refractivity contribution in [3.63, 3.8) is 0 Å². The van der Waals surface area contributed by atoms with Crippen LogP contribution in [0, 0.1) is 0 Å². The first-order chi connectivity index (χ1) is 14.7. The van der Waals surface area contributed by atoms with Crippen molar-refractivity contribution in [1.29, 1.82) is 0 Å². The molecule has 0 aliphatic heterocycles. The van der Waals surface area contributed by atoms with Crippen molar-refractivity contribution in [2.75, 3.05) is 26.9 Å². The number of methoxy groups -OCH3 is 1. The molecule has 5 heteroatoms. The van der Waals surface area contributed by atoms with Gasteiger partial charge in [0.05, 0.1) is 26.9 Å². The van der Waals surface area contributed by atoms with Gasteiger partial charge in [-0.25, -0.2) is 4.79 Å². The Labute approximate surface area is 177 Å². The maximum Gasteiger partial charge on any atom is 0.341 e. The second-order valence-corrected chi connectivity index (χ2v) is 6.55. The van der Waals surface area contributed by atoms with Gasteiger partial charge >= 0.3 is 5.97 Å². The molecule has 0 spiro atoms. The number of hydrogen-bond acceptors (Lipinski definition) is 5. The number of ether oxygens (including phenoxy) is 4. The van der Waals surface area contributed by atoms with Gasteiger partial charge in [-0.15, -0.1) is 0 Å². The predicted octanol–water partition coefficient (Wildman–Crippen LogP) is 5.13. The van der Waals surface area contributed by atoms with Crippen LogP contribution in [0.4, 0.5) is 0 Å². The minimum Gasteiger partial charge on any atom is -0.493 e. The van der Waals surface area contributed by atoms with E-state index in [9.17, 15) is 4.79 Å². The molecular weight excluding hydrogens is 380 g/mol. The van der Waals surface area contributed by atoms with E-state index in [1.54, 1.807) is 6.07 Å². The van der Waals surface area contributed by atoms with E-state index in [0.29, 0.717) is 37.7 Å². The van der Waals surface area contributed by atoms with Crippen LogP contribution in [0.1, 0.15) is 22.8 Å². The summed E-state index contributed by atoms with van der Waals surface area (Å²) >= 11 is 0. The summed E-state index contributed by atoms with van der Waals surface area (Å²) < 4.78 is 21.8. The van der Waals surface area contributed by atoms with Gasteiger partial charge in [0.15, 0.2) is 0 Å². The Balaban J connectivity index is 1.56. The summed E-state index contributed by atoms with van der Waals surface area (Å²) in [7, 11) is 1.36. The summed E-state index contributed by atoms with van der Waals surface area (Å²) in [5.74, 6) is 0.874. The van der Waals surface area contributed by atoms with E-state index in [2.05, 4.69) is 0 Å². The molecule has 5 nitrogen and oxygen atoms in total. The zero-order valence-electron chi connectivity index (χ0n) is 17.3. The Kier molecular flexibility index (Phi) is 7.86. The zero-order chi connectivity index (χ0) is 21.2. The summed E-state index contributed by atoms with van der Waals surface area (Å²) in [6.45, 7) is 3.92. The predicted molar refractivity (Wildman–Crippen MR) is 116 cm³/mol. The topological polar surface area (TPSA) is 54.0 Å². The number of hydrogen-bond donors (Lipinski definition) is 0. The van der Waals surface area contributed by atoms with Crippen LogP contribution in [0.5, 0.6) is 11.5 Å². The van der Waals surface area contributed by atoms with Crippen molar-refractivity contribution in [3.05, 3.63) is 83.9 Å². The normalized spacial score (nSPS) is 10.5. The van der Waals surface area contributed by atoms with E-state index >= 15 is 0 Å². The Morgan fingerprint density at radius 3 is 2.27 bits per heavy atom. The van der Waals surface area contributed by atoms with Crippen molar-refractivity contribution in [2.45, 2.75) is 13.5 Å². The fourth-order valence-corrected chi connectivity index (χ4v) is 2.98. The minimum atomic E-state index is -0.414. The third kappa shape index (κ3) is 5.84. The molecule has 0 bridgehead atoms. The molecule has 3 aromatic rings. The van der Waals surface area contributed by atoms with Crippen LogP contribution in [0.25, 0.3) is 11.1 Å². The molecule has 0 aliphatic carbocycles. The summed E-state index contributed by atoms with van der Waals surface area (Å²) in [5, 5.41) is 0. The van der Waals surface area contributed by atoms with Crippen molar-refractivity contribution >= 4 is 5.97 Å². The first kappa shape index (κ1) is 21.4. The smallest absolute Gasteiger partial charge is 0.341 e. The van der Waals surface area contributed by atoms with Crippen molar-refractivity contribution < 1.29 is 23.7 Å². The maximum atomic E-state index is 11.9. The molecule has 3 rings (SSSR count). The molecular formula is C25H26O5. The summed E-state index contributed by atoms with van der Waals surface area (Å²) in [4.78, 5) is 11.9. The van der Waals surface area contributed by atoms with Crippen LogP contribution in [0.3, 0.4) is 0 Å². The van der Waals surface area contributed by atoms with Gasteiger partial charge in [0.25, 0.3) is 0 Å². The lowest BCUT2D eigenvalue weighted by Gasteiger charge is -2.12. The second kappa shape index (κ2) is 11.0. The number of esters is 1. The number of carbonyl (C=O) groups is 1. The van der Waals surface area contributed by atoms with E-state index in [-0.39, 0.29) is 0 Å². The third-order valence-corrected chi connectivity index (χ3v) is 4.48. The highest BCUT2D eigenvalue weighted by atomic mass is 16.5. The lowest BCUT2D eigenvalue weighted by Crippen LogP contribution is -2.06. The highest BCUT2D eigenvalue weighted by Gasteiger charge is 2.14. The minimum absolute atomic E-state index is 0.414. The Morgan fingerprint density at radius 1 is 0.833 bits per heavy atom. The van der Waals surface area contributed by atoms with Gasteiger partial charge in [-0.05, 0) is 47.9 Å². The number of carbonyl (C=O) groups excluding carboxylic acids is 1. The van der Waals surface area contributed by atoms with Crippen LogP contribution in [0.15, 0.2) is 72.8 Å². The van der Waals surface area contributed by atoms with Gasteiger partial charge in [-0.2, -0.15) is 0 Å². The van der Waals surface area contributed by atoms with Gasteiger partial charge in [-0.1, -0.05) is 48.5 Å². The average molecular weight is 406 g/mol. The molecule has 3 aromatic carbocycles. The van der Waals surface area contributed by atoms with Gasteiger partial charge in [-0.3, -0.25) is 0 Å². The van der Waals surface area contributed by atoms with Gasteiger partial charge in [0.1, 0.15) is 23.7 Å². The molecule has 0 saturated heterocycles. The van der Waals surface area contributed by atoms with Crippen LogP contribution < -0.4 is 9.47 Å². The Bertz CT molecular complexity index is 936. The fraction of sp³-hybridized carbons (Fsp3) is 0.240. The summed E-state index contributed by atoms with van der Waals surface area (Å²) in [6, 6.07) is 23.3. The number of benzene rings is 3. The van der Waals surface area contributed by atoms with E-state index in [4.69, 9.17) is 18.9 Å². The van der Waals surface area contributed by atoms with Crippen LogP contribution in [0.2, 0.25) is 0 Å². The molecule has 156 valence electrons. The van der Waals surface area contributed by atoms with Crippen molar-refractivity contribution in [1.82, 2.24) is 0 Å². The van der Waals surface area contributed by atoms with Crippen LogP contribution in [-0.2, 0) is 16.1 Å². The highest BCUT2D eigenvalue weighted by Crippen LogP contribution is 2.29. The quantitative estimate of drug-likeness (QED) is 0.345. The number of rotatable bonds is 10. The van der Waals surface area contributed by atoms with Crippen molar-refractivity contribution in [2.24, 2.45) is 0 Å². The molecule has 0 fully saturated rings. The lowest BCUT2D eigenvalue weighted by molar-refractivity contribution is 0.0596. The maximum absolute atomic E-state index is 11.9. The van der Waals surface area contributed by atoms with E-state index < -0.39 is 5.97 Å². The lowest BCUT2D eigenvalue weighted by atomic mass is 10.0. The monoisotopic (exact) mass is 406 g/mol. The largest absolute Gasteiger partial charge is 0.493 e. The van der Waals surface area contributed by atoms with Crippen LogP contribution >= 0.6 is 0 Å². The molecule has 0 aliphatic rings. The first-order valence-electron chi connectivity index (χ1n) is 9.91. The van der Waals surface area contributed by atoms with E-state index in [1.807, 2.05) is 73.7 Å². The second-order valence-electron chi connectivity index (χ2n) is 6.55. The third-order valence-electron chi connectivity index (χ3n) is 4.48. The molecule has 0 radical (unpaired) electrons. The fourth-order valence-electron chi connectivity index (χ4n) is 2.98. The van der Waals surface area contributed by atoms with E-state index in [0.717, 1.165) is 22.4 Å². The summed E-state index contributed by atoms with van der Waals surface area (Å²) in [5.41, 5.74) is 3.51. The molecule has 30 heavy (non-hydrogen) atoms. The standard InChI is InChI=1S/C25H26O5/c1-3-29-24-17-21(11-14-23(24)25(26)27-2)20-9-12-22(13-10-20)30-16-15-28-18-19-7-5-4-6-8-19/h4-14,17H,3,15-16,18H2,1-2H3. The molecule has 0 atom stereocenters. The highest BCUT2D eigenvalue weighted by molar-refractivity contribution is 5.93. The molecule has 0 unspecified atom stereocenters. The van der Waals surface area contributed by atoms with Gasteiger partial charge in [0, 0.05) is 0 Å². The Hall–Kier alpha value is -3.31. The molecule has 0 N–H and O–H groups in total. The average Bonchev–Trinajstić information content (AvgIpc) is 2.79. The van der Waals surface area contributed by atoms with E-state index in [1.165, 1.54) is 7.11 Å². The SMILES string of the molecule is CCOc1cc(-c2ccc(OCCOCc3ccccc3)cc2)ccc1C(=O)OC. The summed E-state index contributed by atoms with van der Waals surface area (Å²) in [6.07, 6.45) is 0. The molecule has 0 saturated carbocycles. The zero-order valence-corrected chi connectivity index (χ0v) is 17.3. The Morgan fingerprint density at radius 2 is 1.57 bits per heavy atom. The molecule has 0 heterocycles. The van der Waals surface area contributed by atoms with Gasteiger partial charge in [0.2, 0.25) is 0 Å².